The quantitative estimate of drug-likeness (QED) is 0.460. The minimum absolute atomic E-state index is 0.0314. The van der Waals surface area contributed by atoms with E-state index >= 15 is 0 Å². The van der Waals surface area contributed by atoms with Crippen LogP contribution in [0.4, 0.5) is 11.4 Å². The number of amides is 2. The Morgan fingerprint density at radius 2 is 1.66 bits per heavy atom. The molecule has 2 heterocycles. The van der Waals surface area contributed by atoms with Gasteiger partial charge in [-0.25, -0.2) is 4.98 Å². The smallest absolute Gasteiger partial charge is 0.269 e. The average Bonchev–Trinajstić information content (AvgIpc) is 3.22. The largest absolute Gasteiger partial charge is 0.497 e. The molecule has 2 N–H and O–H groups in total. The SMILES string of the molecule is COc1ccc(NC(=O)Cn2cc(NC(=O)Cn3c(=O)cnc4ccccc43)cn2)cc1. The highest BCUT2D eigenvalue weighted by atomic mass is 16.5. The Morgan fingerprint density at radius 3 is 2.44 bits per heavy atom. The van der Waals surface area contributed by atoms with Crippen LogP contribution < -0.4 is 20.9 Å². The second kappa shape index (κ2) is 9.13. The topological polar surface area (TPSA) is 120 Å². The first-order valence-corrected chi connectivity index (χ1v) is 9.72. The third kappa shape index (κ3) is 4.81. The molecule has 2 amide bonds. The minimum Gasteiger partial charge on any atom is -0.497 e. The summed E-state index contributed by atoms with van der Waals surface area (Å²) in [7, 11) is 1.57. The second-order valence-corrected chi connectivity index (χ2v) is 6.92. The molecule has 0 aliphatic heterocycles. The van der Waals surface area contributed by atoms with Gasteiger partial charge >= 0.3 is 0 Å². The summed E-state index contributed by atoms with van der Waals surface area (Å²) in [5.74, 6) is 0.0223. The van der Waals surface area contributed by atoms with E-state index in [0.717, 1.165) is 0 Å². The summed E-state index contributed by atoms with van der Waals surface area (Å²) < 4.78 is 7.84. The van der Waals surface area contributed by atoms with E-state index in [9.17, 15) is 14.4 Å². The highest BCUT2D eigenvalue weighted by Gasteiger charge is 2.11. The summed E-state index contributed by atoms with van der Waals surface area (Å²) in [6.07, 6.45) is 4.17. The molecule has 162 valence electrons. The fourth-order valence-corrected chi connectivity index (χ4v) is 3.16. The van der Waals surface area contributed by atoms with Gasteiger partial charge in [-0.1, -0.05) is 12.1 Å². The van der Waals surface area contributed by atoms with E-state index in [1.54, 1.807) is 55.8 Å². The van der Waals surface area contributed by atoms with Gasteiger partial charge in [-0.2, -0.15) is 5.10 Å². The number of hydrogen-bond donors (Lipinski definition) is 2. The van der Waals surface area contributed by atoms with Crippen LogP contribution in [0, 0.1) is 0 Å². The van der Waals surface area contributed by atoms with Crippen molar-refractivity contribution in [3.05, 3.63) is 77.5 Å². The molecule has 0 atom stereocenters. The van der Waals surface area contributed by atoms with E-state index in [-0.39, 0.29) is 24.6 Å². The van der Waals surface area contributed by atoms with Crippen molar-refractivity contribution in [1.82, 2.24) is 19.3 Å². The maximum absolute atomic E-state index is 12.5. The van der Waals surface area contributed by atoms with Gasteiger partial charge in [0.05, 0.1) is 36.2 Å². The van der Waals surface area contributed by atoms with Crippen molar-refractivity contribution in [2.24, 2.45) is 0 Å². The number of hydrogen-bond acceptors (Lipinski definition) is 6. The molecule has 0 bridgehead atoms. The third-order valence-electron chi connectivity index (χ3n) is 4.65. The van der Waals surface area contributed by atoms with Crippen LogP contribution in [0.3, 0.4) is 0 Å². The predicted octanol–water partition coefficient (Wildman–Crippen LogP) is 1.88. The number of methoxy groups -OCH3 is 1. The number of benzene rings is 2. The summed E-state index contributed by atoms with van der Waals surface area (Å²) in [6, 6.07) is 14.0. The van der Waals surface area contributed by atoms with Crippen molar-refractivity contribution in [1.29, 1.82) is 0 Å². The van der Waals surface area contributed by atoms with E-state index in [4.69, 9.17) is 4.74 Å². The summed E-state index contributed by atoms with van der Waals surface area (Å²) in [5, 5.41) is 9.55. The molecule has 0 unspecified atom stereocenters. The predicted molar refractivity (Wildman–Crippen MR) is 118 cm³/mol. The number of para-hydroxylation sites is 2. The number of carbonyl (C=O) groups is 2. The van der Waals surface area contributed by atoms with Crippen LogP contribution >= 0.6 is 0 Å². The Hall–Kier alpha value is -4.47. The van der Waals surface area contributed by atoms with E-state index in [1.165, 1.54) is 21.6 Å². The van der Waals surface area contributed by atoms with Crippen LogP contribution in [0.1, 0.15) is 0 Å². The molecular weight excluding hydrogens is 412 g/mol. The van der Waals surface area contributed by atoms with E-state index < -0.39 is 5.91 Å². The lowest BCUT2D eigenvalue weighted by molar-refractivity contribution is -0.117. The highest BCUT2D eigenvalue weighted by Crippen LogP contribution is 2.15. The number of nitrogens with zero attached hydrogens (tertiary/aromatic N) is 4. The summed E-state index contributed by atoms with van der Waals surface area (Å²) in [4.78, 5) is 41.0. The van der Waals surface area contributed by atoms with Gasteiger partial charge in [0.15, 0.2) is 0 Å². The lowest BCUT2D eigenvalue weighted by atomic mass is 10.3. The van der Waals surface area contributed by atoms with E-state index in [0.29, 0.717) is 28.2 Å². The normalized spacial score (nSPS) is 10.7. The first-order valence-electron chi connectivity index (χ1n) is 9.72. The molecule has 4 rings (SSSR count). The maximum Gasteiger partial charge on any atom is 0.269 e. The van der Waals surface area contributed by atoms with Crippen molar-refractivity contribution in [2.45, 2.75) is 13.1 Å². The van der Waals surface area contributed by atoms with E-state index in [1.807, 2.05) is 6.07 Å². The van der Waals surface area contributed by atoms with Crippen molar-refractivity contribution in [2.75, 3.05) is 17.7 Å². The van der Waals surface area contributed by atoms with E-state index in [2.05, 4.69) is 20.7 Å². The average molecular weight is 432 g/mol. The molecule has 2 aromatic heterocycles. The monoisotopic (exact) mass is 432 g/mol. The van der Waals surface area contributed by atoms with Gasteiger partial charge in [-0.15, -0.1) is 0 Å². The van der Waals surface area contributed by atoms with Gasteiger partial charge in [-0.3, -0.25) is 23.6 Å². The minimum atomic E-state index is -0.398. The van der Waals surface area contributed by atoms with Gasteiger partial charge in [0.2, 0.25) is 11.8 Å². The number of aromatic nitrogens is 4. The first-order chi connectivity index (χ1) is 15.5. The lowest BCUT2D eigenvalue weighted by Gasteiger charge is -2.09. The number of carbonyl (C=O) groups excluding carboxylic acids is 2. The molecule has 0 radical (unpaired) electrons. The van der Waals surface area contributed by atoms with Crippen molar-refractivity contribution in [3.63, 3.8) is 0 Å². The molecule has 0 fully saturated rings. The fourth-order valence-electron chi connectivity index (χ4n) is 3.16. The first kappa shape index (κ1) is 20.8. The Labute approximate surface area is 182 Å². The fraction of sp³-hybridized carbons (Fsp3) is 0.136. The van der Waals surface area contributed by atoms with Gasteiger partial charge in [0, 0.05) is 11.9 Å². The van der Waals surface area contributed by atoms with Crippen LogP contribution in [0.2, 0.25) is 0 Å². The molecule has 0 aliphatic rings. The zero-order chi connectivity index (χ0) is 22.5. The zero-order valence-corrected chi connectivity index (χ0v) is 17.2. The van der Waals surface area contributed by atoms with Crippen molar-refractivity contribution in [3.8, 4) is 5.75 Å². The number of ether oxygens (including phenoxy) is 1. The second-order valence-electron chi connectivity index (χ2n) is 6.92. The summed E-state index contributed by atoms with van der Waals surface area (Å²) in [6.45, 7) is -0.207. The Balaban J connectivity index is 1.37. The van der Waals surface area contributed by atoms with Crippen molar-refractivity contribution < 1.29 is 14.3 Å². The van der Waals surface area contributed by atoms with Gasteiger partial charge in [0.25, 0.3) is 5.56 Å². The molecule has 0 aliphatic carbocycles. The van der Waals surface area contributed by atoms with Crippen LogP contribution in [-0.4, -0.2) is 38.3 Å². The van der Waals surface area contributed by atoms with Crippen LogP contribution in [0.15, 0.2) is 71.9 Å². The third-order valence-corrected chi connectivity index (χ3v) is 4.65. The summed E-state index contributed by atoms with van der Waals surface area (Å²) >= 11 is 0. The highest BCUT2D eigenvalue weighted by molar-refractivity contribution is 5.92. The van der Waals surface area contributed by atoms with Gasteiger partial charge < -0.3 is 15.4 Å². The van der Waals surface area contributed by atoms with Crippen LogP contribution in [0.25, 0.3) is 11.0 Å². The number of nitrogens with one attached hydrogen (secondary N) is 2. The van der Waals surface area contributed by atoms with Gasteiger partial charge in [-0.05, 0) is 36.4 Å². The zero-order valence-electron chi connectivity index (χ0n) is 17.2. The van der Waals surface area contributed by atoms with Crippen molar-refractivity contribution >= 4 is 34.2 Å². The Morgan fingerprint density at radius 1 is 0.938 bits per heavy atom. The Bertz CT molecular complexity index is 1330. The molecule has 0 saturated heterocycles. The molecule has 10 heteroatoms. The maximum atomic E-state index is 12.5. The lowest BCUT2D eigenvalue weighted by Crippen LogP contribution is -2.27. The number of anilines is 2. The molecule has 0 spiro atoms. The summed E-state index contributed by atoms with van der Waals surface area (Å²) in [5.41, 5.74) is 1.87. The molecule has 2 aromatic carbocycles. The van der Waals surface area contributed by atoms with Crippen LogP contribution in [0.5, 0.6) is 5.75 Å². The van der Waals surface area contributed by atoms with Crippen LogP contribution in [-0.2, 0) is 22.7 Å². The standard InChI is InChI=1S/C22H20N6O4/c1-32-17-8-6-15(7-9-17)25-20(29)13-27-12-16(10-24-27)26-21(30)14-28-19-5-3-2-4-18(19)23-11-22(28)31/h2-12H,13-14H2,1H3,(H,25,29)(H,26,30). The molecule has 0 saturated carbocycles. The Kier molecular flexibility index (Phi) is 5.93. The molecular formula is C22H20N6O4. The number of rotatable bonds is 7. The molecule has 32 heavy (non-hydrogen) atoms. The molecule has 10 nitrogen and oxygen atoms in total. The number of fused-ring (bicyclic) bond motifs is 1. The van der Waals surface area contributed by atoms with Gasteiger partial charge in [0.1, 0.15) is 18.8 Å². The molecule has 4 aromatic rings.